The summed E-state index contributed by atoms with van der Waals surface area (Å²) in [7, 11) is 0. The molecular formula is C10H5BrF3NO. The van der Waals surface area contributed by atoms with E-state index < -0.39 is 17.3 Å². The van der Waals surface area contributed by atoms with Crippen LogP contribution in [0.3, 0.4) is 0 Å². The normalized spacial score (nSPS) is 12.0. The molecule has 0 saturated heterocycles. The van der Waals surface area contributed by atoms with E-state index in [0.29, 0.717) is 4.47 Å². The Hall–Kier alpha value is -1.30. The lowest BCUT2D eigenvalue weighted by molar-refractivity contribution is -0.136. The average Bonchev–Trinajstić information content (AvgIpc) is 2.17. The zero-order chi connectivity index (χ0) is 11.9. The van der Waals surface area contributed by atoms with E-state index in [1.165, 1.54) is 12.1 Å². The number of halogens is 4. The summed E-state index contributed by atoms with van der Waals surface area (Å²) in [5.41, 5.74) is -1.04. The first-order chi connectivity index (χ1) is 7.39. The van der Waals surface area contributed by atoms with E-state index in [1.807, 2.05) is 0 Å². The molecule has 84 valence electrons. The number of hydrogen-bond donors (Lipinski definition) is 1. The molecule has 0 radical (unpaired) electrons. The second-order valence-corrected chi connectivity index (χ2v) is 4.06. The first-order valence-corrected chi connectivity index (χ1v) is 5.07. The maximum Gasteiger partial charge on any atom is 0.417 e. The molecule has 1 aromatic carbocycles. The molecule has 6 heteroatoms. The van der Waals surface area contributed by atoms with Gasteiger partial charge in [-0.3, -0.25) is 4.79 Å². The van der Waals surface area contributed by atoms with Crippen LogP contribution in [-0.2, 0) is 6.18 Å². The Morgan fingerprint density at radius 2 is 1.81 bits per heavy atom. The maximum absolute atomic E-state index is 12.6. The number of nitrogens with one attached hydrogen (secondary N) is 1. The van der Waals surface area contributed by atoms with Crippen LogP contribution < -0.4 is 5.56 Å². The third-order valence-electron chi connectivity index (χ3n) is 2.15. The van der Waals surface area contributed by atoms with Crippen LogP contribution in [0.4, 0.5) is 13.2 Å². The molecule has 0 amide bonds. The number of rotatable bonds is 0. The molecule has 0 saturated carbocycles. The summed E-state index contributed by atoms with van der Waals surface area (Å²) in [6, 6.07) is 4.48. The highest BCUT2D eigenvalue weighted by Gasteiger charge is 2.32. The first kappa shape index (κ1) is 11.2. The number of aromatic amines is 1. The van der Waals surface area contributed by atoms with Crippen molar-refractivity contribution in [3.63, 3.8) is 0 Å². The largest absolute Gasteiger partial charge is 0.417 e. The number of aromatic nitrogens is 1. The van der Waals surface area contributed by atoms with Gasteiger partial charge in [0.2, 0.25) is 5.56 Å². The lowest BCUT2D eigenvalue weighted by Crippen LogP contribution is -2.09. The van der Waals surface area contributed by atoms with Gasteiger partial charge < -0.3 is 4.98 Å². The van der Waals surface area contributed by atoms with Crippen LogP contribution in [-0.4, -0.2) is 4.98 Å². The van der Waals surface area contributed by atoms with Crippen LogP contribution >= 0.6 is 15.9 Å². The lowest BCUT2D eigenvalue weighted by Gasteiger charge is -2.10. The summed E-state index contributed by atoms with van der Waals surface area (Å²) >= 11 is 3.09. The zero-order valence-corrected chi connectivity index (χ0v) is 9.32. The molecule has 16 heavy (non-hydrogen) atoms. The molecule has 2 aromatic rings. The standard InChI is InChI=1S/C10H5BrF3NO/c11-7-3-2-6(10(12,13)14)5-1-4-8(16)15-9(5)7/h1-4H,(H,15,16). The van der Waals surface area contributed by atoms with E-state index >= 15 is 0 Å². The third kappa shape index (κ3) is 1.84. The SMILES string of the molecule is O=c1ccc2c(C(F)(F)F)ccc(Br)c2[nH]1. The number of hydrogen-bond acceptors (Lipinski definition) is 1. The van der Waals surface area contributed by atoms with Crippen LogP contribution in [0.5, 0.6) is 0 Å². The third-order valence-corrected chi connectivity index (χ3v) is 2.81. The molecular weight excluding hydrogens is 287 g/mol. The van der Waals surface area contributed by atoms with E-state index in [4.69, 9.17) is 0 Å². The number of pyridine rings is 1. The summed E-state index contributed by atoms with van der Waals surface area (Å²) < 4.78 is 38.4. The molecule has 0 spiro atoms. The van der Waals surface area contributed by atoms with Crippen molar-refractivity contribution in [3.8, 4) is 0 Å². The number of benzene rings is 1. The van der Waals surface area contributed by atoms with Crippen LogP contribution in [0.2, 0.25) is 0 Å². The second-order valence-electron chi connectivity index (χ2n) is 3.20. The minimum Gasteiger partial charge on any atom is -0.321 e. The van der Waals surface area contributed by atoms with E-state index in [-0.39, 0.29) is 10.9 Å². The second kappa shape index (κ2) is 3.62. The van der Waals surface area contributed by atoms with Gasteiger partial charge in [0.1, 0.15) is 0 Å². The Kier molecular flexibility index (Phi) is 2.53. The van der Waals surface area contributed by atoms with Crippen molar-refractivity contribution in [1.82, 2.24) is 4.98 Å². The first-order valence-electron chi connectivity index (χ1n) is 4.28. The van der Waals surface area contributed by atoms with Gasteiger partial charge in [0.15, 0.2) is 0 Å². The monoisotopic (exact) mass is 291 g/mol. The van der Waals surface area contributed by atoms with Gasteiger partial charge in [0.05, 0.1) is 11.1 Å². The molecule has 0 aliphatic carbocycles. The average molecular weight is 292 g/mol. The Bertz CT molecular complexity index is 603. The molecule has 1 aromatic heterocycles. The van der Waals surface area contributed by atoms with Gasteiger partial charge in [-0.05, 0) is 34.1 Å². The van der Waals surface area contributed by atoms with Crippen molar-refractivity contribution < 1.29 is 13.2 Å². The fourth-order valence-electron chi connectivity index (χ4n) is 1.46. The molecule has 2 rings (SSSR count). The Morgan fingerprint density at radius 1 is 1.12 bits per heavy atom. The molecule has 0 aliphatic heterocycles. The molecule has 1 heterocycles. The van der Waals surface area contributed by atoms with Gasteiger partial charge in [0.25, 0.3) is 0 Å². The van der Waals surface area contributed by atoms with E-state index in [2.05, 4.69) is 20.9 Å². The molecule has 0 unspecified atom stereocenters. The molecule has 0 bridgehead atoms. The topological polar surface area (TPSA) is 32.9 Å². The summed E-state index contributed by atoms with van der Waals surface area (Å²) in [5, 5.41) is -0.0264. The summed E-state index contributed by atoms with van der Waals surface area (Å²) in [6.07, 6.45) is -4.43. The molecule has 0 aliphatic rings. The predicted octanol–water partition coefficient (Wildman–Crippen LogP) is 3.31. The Balaban J connectivity index is 2.90. The molecule has 0 fully saturated rings. The predicted molar refractivity (Wildman–Crippen MR) is 57.3 cm³/mol. The summed E-state index contributed by atoms with van der Waals surface area (Å²) in [4.78, 5) is 13.4. The van der Waals surface area contributed by atoms with Crippen molar-refractivity contribution in [1.29, 1.82) is 0 Å². The van der Waals surface area contributed by atoms with Gasteiger partial charge in [-0.25, -0.2) is 0 Å². The van der Waals surface area contributed by atoms with Crippen LogP contribution in [0.1, 0.15) is 5.56 Å². The van der Waals surface area contributed by atoms with Gasteiger partial charge >= 0.3 is 6.18 Å². The lowest BCUT2D eigenvalue weighted by atomic mass is 10.1. The maximum atomic E-state index is 12.6. The molecule has 0 atom stereocenters. The summed E-state index contributed by atoms with van der Waals surface area (Å²) in [5.74, 6) is 0. The highest BCUT2D eigenvalue weighted by molar-refractivity contribution is 9.10. The van der Waals surface area contributed by atoms with Gasteiger partial charge in [-0.1, -0.05) is 0 Å². The minimum absolute atomic E-state index is 0.0264. The zero-order valence-electron chi connectivity index (χ0n) is 7.73. The van der Waals surface area contributed by atoms with Crippen molar-refractivity contribution in [2.24, 2.45) is 0 Å². The van der Waals surface area contributed by atoms with Crippen LogP contribution in [0.15, 0.2) is 33.5 Å². The van der Waals surface area contributed by atoms with Crippen molar-refractivity contribution in [2.45, 2.75) is 6.18 Å². The van der Waals surface area contributed by atoms with E-state index in [9.17, 15) is 18.0 Å². The molecule has 2 nitrogen and oxygen atoms in total. The van der Waals surface area contributed by atoms with E-state index in [1.54, 1.807) is 0 Å². The van der Waals surface area contributed by atoms with Gasteiger partial charge in [-0.2, -0.15) is 13.2 Å². The van der Waals surface area contributed by atoms with Crippen molar-refractivity contribution in [3.05, 3.63) is 44.7 Å². The van der Waals surface area contributed by atoms with Crippen molar-refractivity contribution in [2.75, 3.05) is 0 Å². The minimum atomic E-state index is -4.43. The quantitative estimate of drug-likeness (QED) is 0.794. The fourth-order valence-corrected chi connectivity index (χ4v) is 1.91. The number of alkyl halides is 3. The number of H-pyrrole nitrogens is 1. The molecule has 1 N–H and O–H groups in total. The van der Waals surface area contributed by atoms with Crippen LogP contribution in [0, 0.1) is 0 Å². The van der Waals surface area contributed by atoms with Gasteiger partial charge in [0, 0.05) is 15.9 Å². The van der Waals surface area contributed by atoms with Gasteiger partial charge in [-0.15, -0.1) is 0 Å². The highest BCUT2D eigenvalue weighted by Crippen LogP contribution is 2.36. The number of fused-ring (bicyclic) bond motifs is 1. The Morgan fingerprint density at radius 3 is 2.44 bits per heavy atom. The Labute approximate surface area is 96.2 Å². The smallest absolute Gasteiger partial charge is 0.321 e. The highest BCUT2D eigenvalue weighted by atomic mass is 79.9. The fraction of sp³-hybridized carbons (Fsp3) is 0.100. The van der Waals surface area contributed by atoms with Crippen molar-refractivity contribution >= 4 is 26.8 Å². The summed E-state index contributed by atoms with van der Waals surface area (Å²) in [6.45, 7) is 0. The van der Waals surface area contributed by atoms with Crippen LogP contribution in [0.25, 0.3) is 10.9 Å². The van der Waals surface area contributed by atoms with E-state index in [0.717, 1.165) is 12.1 Å².